The average molecular weight is 283 g/mol. The molecule has 1 aliphatic carbocycles. The van der Waals surface area contributed by atoms with Crippen LogP contribution in [0.2, 0.25) is 0 Å². The van der Waals surface area contributed by atoms with Crippen LogP contribution in [0.4, 0.5) is 5.13 Å². The molecule has 2 unspecified atom stereocenters. The lowest BCUT2D eigenvalue weighted by Gasteiger charge is -2.34. The summed E-state index contributed by atoms with van der Waals surface area (Å²) in [6, 6.07) is 0.0949. The Morgan fingerprint density at radius 2 is 2.32 bits per heavy atom. The van der Waals surface area contributed by atoms with Crippen LogP contribution in [-0.4, -0.2) is 46.6 Å². The number of nitrogens with one attached hydrogen (secondary N) is 1. The van der Waals surface area contributed by atoms with E-state index in [2.05, 4.69) is 10.3 Å². The van der Waals surface area contributed by atoms with Crippen molar-refractivity contribution in [3.63, 3.8) is 0 Å². The lowest BCUT2D eigenvalue weighted by molar-refractivity contribution is -0.118. The monoisotopic (exact) mass is 283 g/mol. The smallest absolute Gasteiger partial charge is 0.240 e. The van der Waals surface area contributed by atoms with Crippen molar-refractivity contribution in [1.29, 1.82) is 0 Å². The molecule has 5 nitrogen and oxygen atoms in total. The van der Waals surface area contributed by atoms with Gasteiger partial charge < -0.3 is 10.4 Å². The largest absolute Gasteiger partial charge is 0.391 e. The maximum atomic E-state index is 11.9. The zero-order valence-electron chi connectivity index (χ0n) is 11.4. The van der Waals surface area contributed by atoms with Crippen molar-refractivity contribution in [2.24, 2.45) is 0 Å². The van der Waals surface area contributed by atoms with E-state index < -0.39 is 0 Å². The molecule has 0 bridgehead atoms. The molecule has 106 valence electrons. The minimum atomic E-state index is -0.311. The van der Waals surface area contributed by atoms with Gasteiger partial charge in [-0.15, -0.1) is 11.3 Å². The molecule has 0 aromatic carbocycles. The fraction of sp³-hybridized carbons (Fsp3) is 0.692. The number of nitrogens with zero attached hydrogens (tertiary/aromatic N) is 2. The average Bonchev–Trinajstić information content (AvgIpc) is 2.74. The van der Waals surface area contributed by atoms with Gasteiger partial charge in [0.25, 0.3) is 0 Å². The van der Waals surface area contributed by atoms with Gasteiger partial charge in [0.05, 0.1) is 18.3 Å². The number of carbonyl (C=O) groups is 1. The van der Waals surface area contributed by atoms with Gasteiger partial charge >= 0.3 is 0 Å². The van der Waals surface area contributed by atoms with Crippen LogP contribution >= 0.6 is 11.3 Å². The highest BCUT2D eigenvalue weighted by molar-refractivity contribution is 7.13. The molecule has 0 aliphatic heterocycles. The van der Waals surface area contributed by atoms with Gasteiger partial charge in [-0.25, -0.2) is 4.98 Å². The Bertz CT molecular complexity index is 435. The van der Waals surface area contributed by atoms with E-state index in [-0.39, 0.29) is 18.1 Å². The Balaban J connectivity index is 1.84. The van der Waals surface area contributed by atoms with Gasteiger partial charge in [0.2, 0.25) is 5.91 Å². The fourth-order valence-electron chi connectivity index (χ4n) is 2.52. The van der Waals surface area contributed by atoms with Gasteiger partial charge in [-0.3, -0.25) is 9.69 Å². The highest BCUT2D eigenvalue weighted by atomic mass is 32.1. The second-order valence-corrected chi connectivity index (χ2v) is 6.03. The molecule has 1 aromatic heterocycles. The normalized spacial score (nSPS) is 23.6. The van der Waals surface area contributed by atoms with Crippen LogP contribution in [0, 0.1) is 6.92 Å². The molecule has 1 aliphatic rings. The maximum absolute atomic E-state index is 11.9. The van der Waals surface area contributed by atoms with Crippen LogP contribution < -0.4 is 5.32 Å². The number of hydrogen-bond acceptors (Lipinski definition) is 5. The predicted molar refractivity (Wildman–Crippen MR) is 76.4 cm³/mol. The number of hydrogen-bond donors (Lipinski definition) is 2. The number of anilines is 1. The van der Waals surface area contributed by atoms with E-state index in [0.29, 0.717) is 11.7 Å². The van der Waals surface area contributed by atoms with Crippen molar-refractivity contribution < 1.29 is 9.90 Å². The zero-order chi connectivity index (χ0) is 13.8. The van der Waals surface area contributed by atoms with E-state index in [1.807, 2.05) is 24.3 Å². The molecule has 1 heterocycles. The molecule has 1 fully saturated rings. The number of likely N-dealkylation sites (N-methyl/N-ethyl adjacent to an activating group) is 1. The molecule has 19 heavy (non-hydrogen) atoms. The third-order valence-corrected chi connectivity index (χ3v) is 4.39. The number of aliphatic hydroxyl groups excluding tert-OH is 1. The molecule has 1 saturated carbocycles. The van der Waals surface area contributed by atoms with E-state index in [4.69, 9.17) is 0 Å². The first-order valence-electron chi connectivity index (χ1n) is 6.66. The molecule has 0 saturated heterocycles. The van der Waals surface area contributed by atoms with Crippen LogP contribution in [0.3, 0.4) is 0 Å². The van der Waals surface area contributed by atoms with Crippen LogP contribution in [0.1, 0.15) is 31.4 Å². The molecule has 2 atom stereocenters. The van der Waals surface area contributed by atoms with Crippen molar-refractivity contribution >= 4 is 22.4 Å². The Morgan fingerprint density at radius 1 is 1.58 bits per heavy atom. The number of aryl methyl sites for hydroxylation is 1. The van der Waals surface area contributed by atoms with Crippen molar-refractivity contribution in [1.82, 2.24) is 9.88 Å². The van der Waals surface area contributed by atoms with Crippen LogP contribution in [0.15, 0.2) is 5.38 Å². The van der Waals surface area contributed by atoms with Crippen molar-refractivity contribution in [3.05, 3.63) is 11.1 Å². The van der Waals surface area contributed by atoms with Gasteiger partial charge in [-0.1, -0.05) is 12.8 Å². The van der Waals surface area contributed by atoms with Gasteiger partial charge in [0.15, 0.2) is 5.13 Å². The third kappa shape index (κ3) is 3.99. The van der Waals surface area contributed by atoms with E-state index in [9.17, 15) is 9.90 Å². The Kier molecular flexibility index (Phi) is 4.90. The first kappa shape index (κ1) is 14.4. The van der Waals surface area contributed by atoms with Crippen molar-refractivity contribution in [2.45, 2.75) is 44.8 Å². The second kappa shape index (κ2) is 6.45. The first-order chi connectivity index (χ1) is 9.06. The number of carbonyl (C=O) groups excluding carboxylic acids is 1. The van der Waals surface area contributed by atoms with Crippen LogP contribution in [0.5, 0.6) is 0 Å². The number of rotatable bonds is 4. The first-order valence-corrected chi connectivity index (χ1v) is 7.54. The molecule has 0 spiro atoms. The van der Waals surface area contributed by atoms with Crippen LogP contribution in [-0.2, 0) is 4.79 Å². The number of amides is 1. The summed E-state index contributed by atoms with van der Waals surface area (Å²) in [5.74, 6) is -0.0744. The summed E-state index contributed by atoms with van der Waals surface area (Å²) in [5.41, 5.74) is 0.913. The van der Waals surface area contributed by atoms with E-state index in [1.54, 1.807) is 0 Å². The maximum Gasteiger partial charge on any atom is 0.240 e. The SMILES string of the molecule is Cc1csc(NC(=O)CN(C)C2CCCCC2O)n1. The highest BCUT2D eigenvalue weighted by Gasteiger charge is 2.27. The lowest BCUT2D eigenvalue weighted by atomic mass is 9.91. The number of aliphatic hydroxyl groups is 1. The van der Waals surface area contributed by atoms with Gasteiger partial charge in [-0.2, -0.15) is 0 Å². The summed E-state index contributed by atoms with van der Waals surface area (Å²) in [4.78, 5) is 18.1. The van der Waals surface area contributed by atoms with Crippen molar-refractivity contribution in [2.75, 3.05) is 18.9 Å². The van der Waals surface area contributed by atoms with Crippen molar-refractivity contribution in [3.8, 4) is 0 Å². The molecular formula is C13H21N3O2S. The fourth-order valence-corrected chi connectivity index (χ4v) is 3.22. The van der Waals surface area contributed by atoms with Gasteiger partial charge in [0.1, 0.15) is 0 Å². The van der Waals surface area contributed by atoms with Crippen LogP contribution in [0.25, 0.3) is 0 Å². The standard InChI is InChI=1S/C13H21N3O2S/c1-9-8-19-13(14-9)15-12(18)7-16(2)10-5-3-4-6-11(10)17/h8,10-11,17H,3-7H2,1-2H3,(H,14,15,18). The predicted octanol–water partition coefficient (Wildman–Crippen LogP) is 1.63. The summed E-state index contributed by atoms with van der Waals surface area (Å²) in [6.45, 7) is 2.19. The molecule has 1 aromatic rings. The highest BCUT2D eigenvalue weighted by Crippen LogP contribution is 2.22. The zero-order valence-corrected chi connectivity index (χ0v) is 12.2. The molecule has 1 amide bonds. The Labute approximate surface area is 117 Å². The molecule has 2 rings (SSSR count). The molecule has 6 heteroatoms. The quantitative estimate of drug-likeness (QED) is 0.881. The van der Waals surface area contributed by atoms with Gasteiger partial charge in [-0.05, 0) is 26.8 Å². The van der Waals surface area contributed by atoms with Gasteiger partial charge in [0, 0.05) is 11.4 Å². The summed E-state index contributed by atoms with van der Waals surface area (Å²) in [7, 11) is 1.89. The number of thiazole rings is 1. The van der Waals surface area contributed by atoms with E-state index in [0.717, 1.165) is 31.4 Å². The molecule has 0 radical (unpaired) electrons. The summed E-state index contributed by atoms with van der Waals surface area (Å²) < 4.78 is 0. The molecular weight excluding hydrogens is 262 g/mol. The lowest BCUT2D eigenvalue weighted by Crippen LogP contribution is -2.46. The topological polar surface area (TPSA) is 65.5 Å². The Hall–Kier alpha value is -0.980. The second-order valence-electron chi connectivity index (χ2n) is 5.18. The van der Waals surface area contributed by atoms with E-state index in [1.165, 1.54) is 11.3 Å². The third-order valence-electron chi connectivity index (χ3n) is 3.52. The minimum Gasteiger partial charge on any atom is -0.391 e. The number of aromatic nitrogens is 1. The van der Waals surface area contributed by atoms with E-state index >= 15 is 0 Å². The molecule has 2 N–H and O–H groups in total. The minimum absolute atomic E-state index is 0.0744. The summed E-state index contributed by atoms with van der Waals surface area (Å²) >= 11 is 1.43. The summed E-state index contributed by atoms with van der Waals surface area (Å²) in [6.07, 6.45) is 3.69. The Morgan fingerprint density at radius 3 is 2.95 bits per heavy atom. The summed E-state index contributed by atoms with van der Waals surface area (Å²) in [5, 5.41) is 15.3.